The Labute approximate surface area is 170 Å². The molecule has 0 spiro atoms. The first-order valence-corrected chi connectivity index (χ1v) is 9.47. The van der Waals surface area contributed by atoms with E-state index < -0.39 is 17.8 Å². The van der Waals surface area contributed by atoms with Gasteiger partial charge in [-0.05, 0) is 42.5 Å². The van der Waals surface area contributed by atoms with Crippen LogP contribution in [0.1, 0.15) is 42.7 Å². The number of aromatic amines is 1. The van der Waals surface area contributed by atoms with Crippen LogP contribution in [0.25, 0.3) is 11.0 Å². The summed E-state index contributed by atoms with van der Waals surface area (Å²) in [6.07, 6.45) is 2.83. The van der Waals surface area contributed by atoms with Crippen LogP contribution in [-0.4, -0.2) is 21.9 Å². The minimum Gasteiger partial charge on any atom is -0.344 e. The number of halogens is 3. The zero-order valence-corrected chi connectivity index (χ0v) is 15.8. The predicted octanol–water partition coefficient (Wildman–Crippen LogP) is 5.51. The molecule has 0 aliphatic heterocycles. The highest BCUT2D eigenvalue weighted by Gasteiger charge is 2.36. The average molecular weight is 413 g/mol. The largest absolute Gasteiger partial charge is 0.344 e. The lowest BCUT2D eigenvalue weighted by Crippen LogP contribution is -2.24. The van der Waals surface area contributed by atoms with Crippen molar-refractivity contribution in [3.05, 3.63) is 53.6 Å². The third-order valence-electron chi connectivity index (χ3n) is 5.33. The molecule has 1 aliphatic rings. The van der Waals surface area contributed by atoms with Crippen molar-refractivity contribution in [3.63, 3.8) is 0 Å². The molecule has 4 rings (SSSR count). The van der Waals surface area contributed by atoms with Gasteiger partial charge in [-0.2, -0.15) is 5.26 Å². The smallest absolute Gasteiger partial charge is 0.323 e. The molecule has 9 heteroatoms. The second-order valence-electron chi connectivity index (χ2n) is 7.38. The van der Waals surface area contributed by atoms with Gasteiger partial charge in [0, 0.05) is 30.1 Å². The highest BCUT2D eigenvalue weighted by atomic mass is 19.3. The first kappa shape index (κ1) is 19.8. The van der Waals surface area contributed by atoms with Crippen LogP contribution in [0.2, 0.25) is 0 Å². The molecule has 0 radical (unpaired) electrons. The van der Waals surface area contributed by atoms with E-state index in [2.05, 4.69) is 26.7 Å². The predicted molar refractivity (Wildman–Crippen MR) is 106 cm³/mol. The molecular formula is C21H18F3N5O. The molecule has 1 aromatic carbocycles. The molecule has 2 amide bonds. The summed E-state index contributed by atoms with van der Waals surface area (Å²) in [5, 5.41) is 15.2. The van der Waals surface area contributed by atoms with E-state index >= 15 is 0 Å². The van der Waals surface area contributed by atoms with E-state index in [1.54, 1.807) is 12.1 Å². The Kier molecular flexibility index (Phi) is 5.08. The quantitative estimate of drug-likeness (QED) is 0.528. The molecule has 0 saturated heterocycles. The number of nitriles is 1. The summed E-state index contributed by atoms with van der Waals surface area (Å²) in [6, 6.07) is 7.63. The van der Waals surface area contributed by atoms with Gasteiger partial charge in [-0.3, -0.25) is 0 Å². The van der Waals surface area contributed by atoms with Crippen molar-refractivity contribution in [3.8, 4) is 6.07 Å². The SMILES string of the molecule is N#Cc1cc(NC(=O)Nc2c[nH]c3ncc(F)cc23)ccc1C1CCC(F)(F)CC1. The molecule has 3 aromatic rings. The van der Waals surface area contributed by atoms with Crippen molar-refractivity contribution < 1.29 is 18.0 Å². The zero-order valence-electron chi connectivity index (χ0n) is 15.8. The average Bonchev–Trinajstić information content (AvgIpc) is 3.10. The monoisotopic (exact) mass is 413 g/mol. The van der Waals surface area contributed by atoms with Crippen molar-refractivity contribution in [1.29, 1.82) is 5.26 Å². The Morgan fingerprint density at radius 3 is 2.73 bits per heavy atom. The first-order valence-electron chi connectivity index (χ1n) is 9.47. The Morgan fingerprint density at radius 1 is 1.23 bits per heavy atom. The number of benzene rings is 1. The van der Waals surface area contributed by atoms with Gasteiger partial charge in [0.05, 0.1) is 23.5 Å². The Bertz CT molecular complexity index is 1140. The third-order valence-corrected chi connectivity index (χ3v) is 5.33. The van der Waals surface area contributed by atoms with Gasteiger partial charge in [-0.1, -0.05) is 6.07 Å². The highest BCUT2D eigenvalue weighted by Crippen LogP contribution is 2.42. The molecule has 6 nitrogen and oxygen atoms in total. The standard InChI is InChI=1S/C21H18F3N5O/c22-14-8-17-18(11-27-19(17)26-10-14)29-20(30)28-15-1-2-16(13(7-15)9-25)12-3-5-21(23,24)6-4-12/h1-2,7-8,10-12H,3-6H2,(H,26,27)(H2,28,29,30). The van der Waals surface area contributed by atoms with Crippen LogP contribution in [0.15, 0.2) is 36.7 Å². The third kappa shape index (κ3) is 4.08. The van der Waals surface area contributed by atoms with Crippen LogP contribution in [0, 0.1) is 17.1 Å². The van der Waals surface area contributed by atoms with Crippen LogP contribution in [0.4, 0.5) is 29.3 Å². The van der Waals surface area contributed by atoms with Crippen LogP contribution in [0.3, 0.4) is 0 Å². The van der Waals surface area contributed by atoms with E-state index in [0.29, 0.717) is 40.8 Å². The van der Waals surface area contributed by atoms with Crippen molar-refractivity contribution in [2.24, 2.45) is 0 Å². The molecule has 0 unspecified atom stereocenters. The van der Waals surface area contributed by atoms with E-state index in [0.717, 1.165) is 11.8 Å². The number of anilines is 2. The molecule has 0 bridgehead atoms. The topological polar surface area (TPSA) is 93.6 Å². The summed E-state index contributed by atoms with van der Waals surface area (Å²) in [6.45, 7) is 0. The van der Waals surface area contributed by atoms with Crippen molar-refractivity contribution in [2.75, 3.05) is 10.6 Å². The summed E-state index contributed by atoms with van der Waals surface area (Å²) < 4.78 is 40.2. The maximum Gasteiger partial charge on any atom is 0.323 e. The van der Waals surface area contributed by atoms with Crippen molar-refractivity contribution in [2.45, 2.75) is 37.5 Å². The normalized spacial score (nSPS) is 16.2. The van der Waals surface area contributed by atoms with Crippen molar-refractivity contribution in [1.82, 2.24) is 9.97 Å². The van der Waals surface area contributed by atoms with Gasteiger partial charge in [0.15, 0.2) is 0 Å². The van der Waals surface area contributed by atoms with E-state index in [1.165, 1.54) is 18.3 Å². The molecule has 1 fully saturated rings. The lowest BCUT2D eigenvalue weighted by atomic mass is 9.80. The number of hydrogen-bond donors (Lipinski definition) is 3. The fourth-order valence-electron chi connectivity index (χ4n) is 3.80. The number of pyridine rings is 1. The summed E-state index contributed by atoms with van der Waals surface area (Å²) in [5.74, 6) is -3.26. The molecule has 1 saturated carbocycles. The molecule has 2 heterocycles. The van der Waals surface area contributed by atoms with E-state index in [1.807, 2.05) is 0 Å². The Balaban J connectivity index is 1.47. The van der Waals surface area contributed by atoms with Gasteiger partial charge in [-0.15, -0.1) is 0 Å². The van der Waals surface area contributed by atoms with Crippen molar-refractivity contribution >= 4 is 28.4 Å². The summed E-state index contributed by atoms with van der Waals surface area (Å²) in [7, 11) is 0. The number of urea groups is 1. The molecule has 1 aliphatic carbocycles. The number of nitrogens with zero attached hydrogens (tertiary/aromatic N) is 2. The van der Waals surface area contributed by atoms with Crippen LogP contribution in [-0.2, 0) is 0 Å². The number of carbonyl (C=O) groups is 1. The van der Waals surface area contributed by atoms with Gasteiger partial charge in [0.25, 0.3) is 0 Å². The maximum atomic E-state index is 13.4. The van der Waals surface area contributed by atoms with Crippen LogP contribution in [0.5, 0.6) is 0 Å². The van der Waals surface area contributed by atoms with E-state index in [9.17, 15) is 23.2 Å². The van der Waals surface area contributed by atoms with Gasteiger partial charge in [0.1, 0.15) is 11.5 Å². The van der Waals surface area contributed by atoms with Gasteiger partial charge in [0.2, 0.25) is 5.92 Å². The Hall–Kier alpha value is -3.54. The molecular weight excluding hydrogens is 395 g/mol. The molecule has 0 atom stereocenters. The minimum absolute atomic E-state index is 0.101. The summed E-state index contributed by atoms with van der Waals surface area (Å²) >= 11 is 0. The molecule has 3 N–H and O–H groups in total. The van der Waals surface area contributed by atoms with Gasteiger partial charge >= 0.3 is 6.03 Å². The number of fused-ring (bicyclic) bond motifs is 1. The number of H-pyrrole nitrogens is 1. The maximum absolute atomic E-state index is 13.4. The Morgan fingerprint density at radius 2 is 2.00 bits per heavy atom. The summed E-state index contributed by atoms with van der Waals surface area (Å²) in [5.41, 5.74) is 2.24. The number of alkyl halides is 2. The highest BCUT2D eigenvalue weighted by molar-refractivity contribution is 6.05. The van der Waals surface area contributed by atoms with Gasteiger partial charge in [-0.25, -0.2) is 22.9 Å². The first-order chi connectivity index (χ1) is 14.3. The fraction of sp³-hybridized carbons (Fsp3) is 0.286. The molecule has 154 valence electrons. The van der Waals surface area contributed by atoms with E-state index in [4.69, 9.17) is 0 Å². The number of amides is 2. The minimum atomic E-state index is -2.64. The molecule has 30 heavy (non-hydrogen) atoms. The summed E-state index contributed by atoms with van der Waals surface area (Å²) in [4.78, 5) is 19.1. The van der Waals surface area contributed by atoms with Gasteiger partial charge < -0.3 is 15.6 Å². The molecule has 2 aromatic heterocycles. The number of carbonyl (C=O) groups excluding carboxylic acids is 1. The van der Waals surface area contributed by atoms with E-state index in [-0.39, 0.29) is 18.8 Å². The number of hydrogen-bond acceptors (Lipinski definition) is 3. The number of aromatic nitrogens is 2. The second kappa shape index (κ2) is 7.71. The second-order valence-corrected chi connectivity index (χ2v) is 7.38. The number of rotatable bonds is 3. The fourth-order valence-corrected chi connectivity index (χ4v) is 3.80. The lowest BCUT2D eigenvalue weighted by Gasteiger charge is -2.29. The number of nitrogens with one attached hydrogen (secondary N) is 3. The lowest BCUT2D eigenvalue weighted by molar-refractivity contribution is -0.0382. The van der Waals surface area contributed by atoms with Crippen LogP contribution >= 0.6 is 0 Å². The zero-order chi connectivity index (χ0) is 21.3. The van der Waals surface area contributed by atoms with Crippen LogP contribution < -0.4 is 10.6 Å².